The van der Waals surface area contributed by atoms with Crippen molar-refractivity contribution in [1.29, 1.82) is 0 Å². The van der Waals surface area contributed by atoms with Crippen LogP contribution in [0.2, 0.25) is 10.0 Å². The molecule has 4 heteroatoms. The van der Waals surface area contributed by atoms with Crippen LogP contribution in [0, 0.1) is 0 Å². The van der Waals surface area contributed by atoms with Gasteiger partial charge in [-0.2, -0.15) is 0 Å². The Morgan fingerprint density at radius 2 is 1.58 bits per heavy atom. The van der Waals surface area contributed by atoms with Crippen LogP contribution < -0.4 is 10.1 Å². The molecule has 0 fully saturated rings. The summed E-state index contributed by atoms with van der Waals surface area (Å²) in [6.45, 7) is 3.39. The first-order chi connectivity index (χ1) is 12.6. The largest absolute Gasteiger partial charge is 0.489 e. The fourth-order valence-electron chi connectivity index (χ4n) is 2.68. The van der Waals surface area contributed by atoms with E-state index in [1.54, 1.807) is 6.07 Å². The normalized spacial score (nSPS) is 12.0. The van der Waals surface area contributed by atoms with Crippen molar-refractivity contribution in [2.75, 3.05) is 0 Å². The number of benzene rings is 3. The van der Waals surface area contributed by atoms with Crippen molar-refractivity contribution in [3.8, 4) is 5.75 Å². The van der Waals surface area contributed by atoms with Gasteiger partial charge in [-0.3, -0.25) is 0 Å². The maximum atomic E-state index is 6.29. The van der Waals surface area contributed by atoms with Crippen molar-refractivity contribution in [1.82, 2.24) is 5.32 Å². The SMILES string of the molecule is CC(NCc1ccc(OCc2ccccc2)cc1)c1cccc(Cl)c1Cl. The summed E-state index contributed by atoms with van der Waals surface area (Å²) >= 11 is 12.4. The van der Waals surface area contributed by atoms with E-state index in [2.05, 4.69) is 36.5 Å². The Balaban J connectivity index is 1.53. The quantitative estimate of drug-likeness (QED) is 0.506. The molecule has 3 aromatic carbocycles. The summed E-state index contributed by atoms with van der Waals surface area (Å²) in [5, 5.41) is 4.67. The smallest absolute Gasteiger partial charge is 0.119 e. The predicted molar refractivity (Wildman–Crippen MR) is 109 cm³/mol. The van der Waals surface area contributed by atoms with Gasteiger partial charge >= 0.3 is 0 Å². The van der Waals surface area contributed by atoms with Crippen molar-refractivity contribution in [3.05, 3.63) is 99.5 Å². The highest BCUT2D eigenvalue weighted by Crippen LogP contribution is 2.29. The van der Waals surface area contributed by atoms with Crippen LogP contribution in [0.25, 0.3) is 0 Å². The van der Waals surface area contributed by atoms with E-state index < -0.39 is 0 Å². The summed E-state index contributed by atoms with van der Waals surface area (Å²) < 4.78 is 5.82. The first kappa shape index (κ1) is 18.8. The summed E-state index contributed by atoms with van der Waals surface area (Å²) in [5.41, 5.74) is 3.34. The molecule has 0 aliphatic heterocycles. The molecule has 26 heavy (non-hydrogen) atoms. The molecule has 0 amide bonds. The van der Waals surface area contributed by atoms with E-state index in [9.17, 15) is 0 Å². The van der Waals surface area contributed by atoms with Gasteiger partial charge in [-0.1, -0.05) is 77.8 Å². The Labute approximate surface area is 164 Å². The molecule has 1 N–H and O–H groups in total. The van der Waals surface area contributed by atoms with Crippen molar-refractivity contribution in [3.63, 3.8) is 0 Å². The molecule has 1 atom stereocenters. The first-order valence-electron chi connectivity index (χ1n) is 8.56. The Hall–Kier alpha value is -2.00. The van der Waals surface area contributed by atoms with E-state index in [1.807, 2.05) is 42.5 Å². The average molecular weight is 386 g/mol. The highest BCUT2D eigenvalue weighted by Gasteiger charge is 2.11. The Morgan fingerprint density at radius 3 is 2.31 bits per heavy atom. The molecule has 0 saturated heterocycles. The molecule has 0 spiro atoms. The second-order valence-electron chi connectivity index (χ2n) is 6.16. The third kappa shape index (κ3) is 5.01. The van der Waals surface area contributed by atoms with Crippen LogP contribution >= 0.6 is 23.2 Å². The van der Waals surface area contributed by atoms with Gasteiger partial charge in [-0.15, -0.1) is 0 Å². The second-order valence-corrected chi connectivity index (χ2v) is 6.95. The number of ether oxygens (including phenoxy) is 1. The van der Waals surface area contributed by atoms with Crippen LogP contribution in [0.3, 0.4) is 0 Å². The second kappa shape index (κ2) is 9.09. The summed E-state index contributed by atoms with van der Waals surface area (Å²) in [4.78, 5) is 0. The molecule has 0 radical (unpaired) electrons. The molecule has 0 saturated carbocycles. The molecule has 0 bridgehead atoms. The first-order valence-corrected chi connectivity index (χ1v) is 9.32. The zero-order valence-electron chi connectivity index (χ0n) is 14.6. The van der Waals surface area contributed by atoms with Gasteiger partial charge in [0.25, 0.3) is 0 Å². The van der Waals surface area contributed by atoms with E-state index in [0.29, 0.717) is 16.7 Å². The van der Waals surface area contributed by atoms with E-state index in [0.717, 1.165) is 23.4 Å². The number of hydrogen-bond acceptors (Lipinski definition) is 2. The molecule has 1 unspecified atom stereocenters. The lowest BCUT2D eigenvalue weighted by molar-refractivity contribution is 0.306. The van der Waals surface area contributed by atoms with Gasteiger partial charge in [0.2, 0.25) is 0 Å². The van der Waals surface area contributed by atoms with Gasteiger partial charge in [0.05, 0.1) is 10.0 Å². The van der Waals surface area contributed by atoms with Gasteiger partial charge in [0.1, 0.15) is 12.4 Å². The maximum absolute atomic E-state index is 6.29. The molecular weight excluding hydrogens is 365 g/mol. The fourth-order valence-corrected chi connectivity index (χ4v) is 3.15. The lowest BCUT2D eigenvalue weighted by atomic mass is 10.1. The van der Waals surface area contributed by atoms with Crippen molar-refractivity contribution >= 4 is 23.2 Å². The standard InChI is InChI=1S/C22H21Cl2NO/c1-16(20-8-5-9-21(23)22(20)24)25-14-17-10-12-19(13-11-17)26-15-18-6-3-2-4-7-18/h2-13,16,25H,14-15H2,1H3. The van der Waals surface area contributed by atoms with Gasteiger partial charge in [-0.25, -0.2) is 0 Å². The van der Waals surface area contributed by atoms with E-state index >= 15 is 0 Å². The summed E-state index contributed by atoms with van der Waals surface area (Å²) in [6.07, 6.45) is 0. The van der Waals surface area contributed by atoms with E-state index in [-0.39, 0.29) is 6.04 Å². The molecule has 0 heterocycles. The minimum absolute atomic E-state index is 0.107. The third-order valence-electron chi connectivity index (χ3n) is 4.23. The summed E-state index contributed by atoms with van der Waals surface area (Å²) in [5.74, 6) is 0.864. The van der Waals surface area contributed by atoms with Crippen LogP contribution in [-0.4, -0.2) is 0 Å². The highest BCUT2D eigenvalue weighted by atomic mass is 35.5. The van der Waals surface area contributed by atoms with Crippen molar-refractivity contribution in [2.24, 2.45) is 0 Å². The van der Waals surface area contributed by atoms with Crippen LogP contribution in [0.15, 0.2) is 72.8 Å². The van der Waals surface area contributed by atoms with Gasteiger partial charge in [0.15, 0.2) is 0 Å². The Morgan fingerprint density at radius 1 is 0.846 bits per heavy atom. The predicted octanol–water partition coefficient (Wildman–Crippen LogP) is 6.42. The molecule has 134 valence electrons. The fraction of sp³-hybridized carbons (Fsp3) is 0.182. The molecule has 3 aromatic rings. The Kier molecular flexibility index (Phi) is 6.56. The lowest BCUT2D eigenvalue weighted by Gasteiger charge is -2.16. The molecule has 3 rings (SSSR count). The van der Waals surface area contributed by atoms with Gasteiger partial charge < -0.3 is 10.1 Å². The molecule has 0 aromatic heterocycles. The number of nitrogens with one attached hydrogen (secondary N) is 1. The van der Waals surface area contributed by atoms with Gasteiger partial charge in [0, 0.05) is 12.6 Å². The monoisotopic (exact) mass is 385 g/mol. The van der Waals surface area contributed by atoms with Crippen LogP contribution in [-0.2, 0) is 13.2 Å². The van der Waals surface area contributed by atoms with Crippen LogP contribution in [0.5, 0.6) is 5.75 Å². The average Bonchev–Trinajstić information content (AvgIpc) is 2.68. The lowest BCUT2D eigenvalue weighted by Crippen LogP contribution is -2.18. The molecule has 0 aliphatic carbocycles. The van der Waals surface area contributed by atoms with Crippen molar-refractivity contribution in [2.45, 2.75) is 26.1 Å². The third-order valence-corrected chi connectivity index (χ3v) is 5.07. The Bertz CT molecular complexity index is 835. The van der Waals surface area contributed by atoms with E-state index in [1.165, 1.54) is 5.56 Å². The van der Waals surface area contributed by atoms with Crippen molar-refractivity contribution < 1.29 is 4.74 Å². The number of rotatable bonds is 7. The van der Waals surface area contributed by atoms with Gasteiger partial charge in [-0.05, 0) is 41.8 Å². The van der Waals surface area contributed by atoms with Crippen LogP contribution in [0.4, 0.5) is 0 Å². The number of halogens is 2. The molecule has 2 nitrogen and oxygen atoms in total. The number of hydrogen-bond donors (Lipinski definition) is 1. The molecular formula is C22H21Cl2NO. The minimum Gasteiger partial charge on any atom is -0.489 e. The minimum atomic E-state index is 0.107. The van der Waals surface area contributed by atoms with Crippen LogP contribution in [0.1, 0.15) is 29.7 Å². The summed E-state index contributed by atoms with van der Waals surface area (Å²) in [6, 6.07) is 24.1. The highest BCUT2D eigenvalue weighted by molar-refractivity contribution is 6.42. The molecule has 0 aliphatic rings. The zero-order chi connectivity index (χ0) is 18.4. The topological polar surface area (TPSA) is 21.3 Å². The van der Waals surface area contributed by atoms with E-state index in [4.69, 9.17) is 27.9 Å². The zero-order valence-corrected chi connectivity index (χ0v) is 16.1. The maximum Gasteiger partial charge on any atom is 0.119 e. The summed E-state index contributed by atoms with van der Waals surface area (Å²) in [7, 11) is 0.